The molecule has 0 saturated heterocycles. The number of rotatable bonds is 0. The molecule has 1 nitrogen and oxygen atoms in total. The van der Waals surface area contributed by atoms with Crippen molar-refractivity contribution >= 4 is 26.6 Å². The van der Waals surface area contributed by atoms with Gasteiger partial charge in [0.2, 0.25) is 0 Å². The summed E-state index contributed by atoms with van der Waals surface area (Å²) in [6.07, 6.45) is 0. The highest BCUT2D eigenvalue weighted by Gasteiger charge is 2.09. The molecular weight excluding hydrogens is 146 g/mol. The van der Waals surface area contributed by atoms with E-state index in [0.29, 0.717) is 5.75 Å². The Labute approximate surface area is 75.6 Å². The van der Waals surface area contributed by atoms with Crippen molar-refractivity contribution in [1.82, 2.24) is 0 Å². The quantitative estimate of drug-likeness (QED) is 0.474. The lowest BCUT2D eigenvalue weighted by Crippen LogP contribution is -2.24. The summed E-state index contributed by atoms with van der Waals surface area (Å²) in [7, 11) is 4.06. The van der Waals surface area contributed by atoms with Crippen molar-refractivity contribution < 1.29 is 5.11 Å². The Balaban J connectivity index is 3.60. The first kappa shape index (κ1) is 9.24. The van der Waals surface area contributed by atoms with E-state index < -0.39 is 0 Å². The van der Waals surface area contributed by atoms with Crippen LogP contribution in [0.2, 0.25) is 0 Å². The maximum Gasteiger partial charge on any atom is 0.144 e. The first-order valence-electron chi connectivity index (χ1n) is 4.22. The highest BCUT2D eigenvalue weighted by molar-refractivity contribution is 6.41. The third-order valence-corrected chi connectivity index (χ3v) is 2.96. The number of phenolic OH excluding ortho intramolecular Hbond substituents is 1. The van der Waals surface area contributed by atoms with Crippen LogP contribution < -0.4 is 10.9 Å². The van der Waals surface area contributed by atoms with Crippen molar-refractivity contribution in [2.45, 2.75) is 20.8 Å². The van der Waals surface area contributed by atoms with Gasteiger partial charge in [-0.05, 0) is 31.8 Å². The van der Waals surface area contributed by atoms with E-state index in [1.807, 2.05) is 14.8 Å². The molecular formula is C9H14B2O. The minimum Gasteiger partial charge on any atom is -0.508 e. The lowest BCUT2D eigenvalue weighted by Gasteiger charge is -2.14. The third-order valence-electron chi connectivity index (χ3n) is 2.96. The summed E-state index contributed by atoms with van der Waals surface area (Å²) in [5.41, 5.74) is 5.72. The molecule has 0 aromatic heterocycles. The summed E-state index contributed by atoms with van der Waals surface area (Å²) >= 11 is 0. The zero-order valence-electron chi connectivity index (χ0n) is 8.45. The molecule has 0 atom stereocenters. The Morgan fingerprint density at radius 2 is 1.33 bits per heavy atom. The van der Waals surface area contributed by atoms with Crippen LogP contribution >= 0.6 is 0 Å². The molecule has 0 spiro atoms. The largest absolute Gasteiger partial charge is 0.508 e. The summed E-state index contributed by atoms with van der Waals surface area (Å²) in [5, 5.41) is 9.69. The van der Waals surface area contributed by atoms with E-state index in [1.165, 1.54) is 16.6 Å². The van der Waals surface area contributed by atoms with Crippen LogP contribution in [-0.4, -0.2) is 20.8 Å². The Bertz CT molecular complexity index is 227. The van der Waals surface area contributed by atoms with Gasteiger partial charge in [0.15, 0.2) is 0 Å². The maximum atomic E-state index is 9.69. The molecule has 1 aromatic carbocycles. The van der Waals surface area contributed by atoms with Crippen molar-refractivity contribution in [2.24, 2.45) is 0 Å². The molecule has 0 radical (unpaired) electrons. The number of hydrogen-bond acceptors (Lipinski definition) is 1. The van der Waals surface area contributed by atoms with Crippen molar-refractivity contribution in [3.8, 4) is 5.75 Å². The standard InChI is InChI=1S/C9H14B2O/c1-4-5(2)9(12)8(11)6(3)7(4)10/h12H,10-11H2,1-3H3. The smallest absolute Gasteiger partial charge is 0.144 e. The van der Waals surface area contributed by atoms with Crippen LogP contribution in [0.15, 0.2) is 0 Å². The molecule has 0 fully saturated rings. The fraction of sp³-hybridized carbons (Fsp3) is 0.333. The Hall–Kier alpha value is -0.850. The summed E-state index contributed by atoms with van der Waals surface area (Å²) < 4.78 is 0. The zero-order valence-corrected chi connectivity index (χ0v) is 8.45. The molecule has 0 aliphatic heterocycles. The van der Waals surface area contributed by atoms with Crippen LogP contribution in [0.4, 0.5) is 0 Å². The van der Waals surface area contributed by atoms with E-state index in [-0.39, 0.29) is 0 Å². The molecule has 3 heteroatoms. The molecule has 0 heterocycles. The van der Waals surface area contributed by atoms with Gasteiger partial charge in [0.05, 0.1) is 0 Å². The van der Waals surface area contributed by atoms with Gasteiger partial charge in [-0.3, -0.25) is 0 Å². The summed E-state index contributed by atoms with van der Waals surface area (Å²) in [4.78, 5) is 0. The lowest BCUT2D eigenvalue weighted by molar-refractivity contribution is 0.475. The molecule has 0 unspecified atom stereocenters. The molecule has 12 heavy (non-hydrogen) atoms. The van der Waals surface area contributed by atoms with Crippen molar-refractivity contribution in [1.29, 1.82) is 0 Å². The molecule has 1 N–H and O–H groups in total. The van der Waals surface area contributed by atoms with Crippen molar-refractivity contribution in [3.63, 3.8) is 0 Å². The van der Waals surface area contributed by atoms with E-state index >= 15 is 0 Å². The van der Waals surface area contributed by atoms with Crippen LogP contribution in [0.1, 0.15) is 16.7 Å². The van der Waals surface area contributed by atoms with Crippen molar-refractivity contribution in [3.05, 3.63) is 16.7 Å². The third kappa shape index (κ3) is 1.13. The van der Waals surface area contributed by atoms with Crippen LogP contribution in [0.3, 0.4) is 0 Å². The van der Waals surface area contributed by atoms with Crippen LogP contribution in [0.25, 0.3) is 0 Å². The number of aromatic hydroxyl groups is 1. The van der Waals surface area contributed by atoms with Gasteiger partial charge in [0.1, 0.15) is 21.4 Å². The van der Waals surface area contributed by atoms with E-state index in [4.69, 9.17) is 0 Å². The first-order valence-corrected chi connectivity index (χ1v) is 4.22. The predicted molar refractivity (Wildman–Crippen MR) is 58.7 cm³/mol. The van der Waals surface area contributed by atoms with Gasteiger partial charge in [0.25, 0.3) is 0 Å². The SMILES string of the molecule is Bc1c(C)c(B)c(O)c(C)c1C. The second kappa shape index (κ2) is 2.89. The van der Waals surface area contributed by atoms with Gasteiger partial charge in [0, 0.05) is 0 Å². The average Bonchev–Trinajstić information content (AvgIpc) is 2.08. The van der Waals surface area contributed by atoms with Gasteiger partial charge in [-0.15, -0.1) is 0 Å². The molecule has 62 valence electrons. The molecule has 1 aromatic rings. The minimum absolute atomic E-state index is 0.454. The van der Waals surface area contributed by atoms with Gasteiger partial charge in [-0.1, -0.05) is 16.6 Å². The van der Waals surface area contributed by atoms with E-state index in [0.717, 1.165) is 11.0 Å². The minimum atomic E-state index is 0.454. The average molecular weight is 160 g/mol. The second-order valence-electron chi connectivity index (χ2n) is 3.47. The van der Waals surface area contributed by atoms with Crippen molar-refractivity contribution in [2.75, 3.05) is 0 Å². The van der Waals surface area contributed by atoms with E-state index in [9.17, 15) is 5.11 Å². The molecule has 0 saturated carbocycles. The topological polar surface area (TPSA) is 20.2 Å². The predicted octanol–water partition coefficient (Wildman–Crippen LogP) is -1.17. The molecule has 0 aliphatic carbocycles. The first-order chi connectivity index (χ1) is 5.46. The van der Waals surface area contributed by atoms with Gasteiger partial charge >= 0.3 is 0 Å². The highest BCUT2D eigenvalue weighted by Crippen LogP contribution is 2.16. The van der Waals surface area contributed by atoms with Crippen LogP contribution in [-0.2, 0) is 0 Å². The number of phenols is 1. The fourth-order valence-corrected chi connectivity index (χ4v) is 1.48. The Morgan fingerprint density at radius 1 is 0.833 bits per heavy atom. The number of benzene rings is 1. The van der Waals surface area contributed by atoms with E-state index in [2.05, 4.69) is 21.7 Å². The molecule has 0 bridgehead atoms. The van der Waals surface area contributed by atoms with Gasteiger partial charge in [-0.2, -0.15) is 0 Å². The second-order valence-corrected chi connectivity index (χ2v) is 3.47. The lowest BCUT2D eigenvalue weighted by atomic mass is 9.76. The van der Waals surface area contributed by atoms with Crippen LogP contribution in [0, 0.1) is 20.8 Å². The van der Waals surface area contributed by atoms with E-state index in [1.54, 1.807) is 0 Å². The summed E-state index contributed by atoms with van der Waals surface area (Å²) in [5.74, 6) is 0.454. The van der Waals surface area contributed by atoms with Crippen LogP contribution in [0.5, 0.6) is 5.75 Å². The monoisotopic (exact) mass is 160 g/mol. The Kier molecular flexibility index (Phi) is 2.22. The Morgan fingerprint density at radius 3 is 1.83 bits per heavy atom. The molecule has 0 amide bonds. The maximum absolute atomic E-state index is 9.69. The fourth-order valence-electron chi connectivity index (χ4n) is 1.48. The normalized spacial score (nSPS) is 10.2. The zero-order chi connectivity index (χ0) is 9.46. The summed E-state index contributed by atoms with van der Waals surface area (Å²) in [6.45, 7) is 6.07. The van der Waals surface area contributed by atoms with Gasteiger partial charge < -0.3 is 5.11 Å². The summed E-state index contributed by atoms with van der Waals surface area (Å²) in [6, 6.07) is 0. The highest BCUT2D eigenvalue weighted by atomic mass is 16.3. The molecule has 0 aliphatic rings. The number of hydrogen-bond donors (Lipinski definition) is 1. The molecule has 1 rings (SSSR count). The van der Waals surface area contributed by atoms with Gasteiger partial charge in [-0.25, -0.2) is 0 Å².